The monoisotopic (exact) mass is 420 g/mol. The molecule has 30 heavy (non-hydrogen) atoms. The van der Waals surface area contributed by atoms with Gasteiger partial charge in [0.2, 0.25) is 0 Å². The van der Waals surface area contributed by atoms with Gasteiger partial charge in [0, 0.05) is 19.4 Å². The Hall–Kier alpha value is -1.10. The predicted octanol–water partition coefficient (Wildman–Crippen LogP) is 5.20. The fourth-order valence-corrected chi connectivity index (χ4v) is 6.47. The Morgan fingerprint density at radius 2 is 1.73 bits per heavy atom. The van der Waals surface area contributed by atoms with Crippen LogP contribution in [0.4, 0.5) is 0 Å². The summed E-state index contributed by atoms with van der Waals surface area (Å²) < 4.78 is 17.5. The number of hydrogen-bond acceptors (Lipinski definition) is 5. The van der Waals surface area contributed by atoms with Crippen LogP contribution in [0.1, 0.15) is 96.8 Å². The van der Waals surface area contributed by atoms with Gasteiger partial charge >= 0.3 is 11.9 Å². The van der Waals surface area contributed by atoms with E-state index in [1.165, 1.54) is 25.7 Å². The molecular formula is C25H40O5. The Morgan fingerprint density at radius 3 is 2.53 bits per heavy atom. The number of rotatable bonds is 7. The molecule has 5 nitrogen and oxygen atoms in total. The summed E-state index contributed by atoms with van der Waals surface area (Å²) in [5.41, 5.74) is 0. The first kappa shape index (κ1) is 22.1. The van der Waals surface area contributed by atoms with Crippen molar-refractivity contribution in [1.29, 1.82) is 0 Å². The lowest BCUT2D eigenvalue weighted by Crippen LogP contribution is -2.50. The number of fused-ring (bicyclic) bond motifs is 3. The number of esters is 2. The van der Waals surface area contributed by atoms with Gasteiger partial charge in [0.05, 0.1) is 12.0 Å². The molecule has 0 aromatic carbocycles. The van der Waals surface area contributed by atoms with Crippen molar-refractivity contribution in [3.8, 4) is 0 Å². The van der Waals surface area contributed by atoms with E-state index in [0.717, 1.165) is 57.3 Å². The molecule has 5 unspecified atom stereocenters. The molecule has 0 bridgehead atoms. The van der Waals surface area contributed by atoms with Crippen LogP contribution in [0.3, 0.4) is 0 Å². The van der Waals surface area contributed by atoms with Gasteiger partial charge in [-0.05, 0) is 75.5 Å². The van der Waals surface area contributed by atoms with Crippen LogP contribution in [-0.2, 0) is 23.8 Å². The van der Waals surface area contributed by atoms with E-state index >= 15 is 0 Å². The zero-order valence-corrected chi connectivity index (χ0v) is 18.7. The smallest absolute Gasteiger partial charge is 0.309 e. The predicted molar refractivity (Wildman–Crippen MR) is 114 cm³/mol. The maximum atomic E-state index is 12.4. The van der Waals surface area contributed by atoms with E-state index in [4.69, 9.17) is 14.2 Å². The molecule has 3 saturated carbocycles. The van der Waals surface area contributed by atoms with Crippen LogP contribution in [0.25, 0.3) is 0 Å². The van der Waals surface area contributed by atoms with E-state index in [1.807, 2.05) is 0 Å². The van der Waals surface area contributed by atoms with Gasteiger partial charge in [-0.15, -0.1) is 0 Å². The molecule has 0 radical (unpaired) electrons. The Kier molecular flexibility index (Phi) is 7.72. The average molecular weight is 421 g/mol. The fraction of sp³-hybridized carbons (Fsp3) is 0.920. The van der Waals surface area contributed by atoms with Crippen LogP contribution < -0.4 is 0 Å². The van der Waals surface area contributed by atoms with Gasteiger partial charge in [-0.25, -0.2) is 0 Å². The summed E-state index contributed by atoms with van der Waals surface area (Å²) in [6.07, 6.45) is 14.7. The highest BCUT2D eigenvalue weighted by Crippen LogP contribution is 2.47. The normalized spacial score (nSPS) is 38.8. The Labute approximate surface area is 181 Å². The fourth-order valence-electron chi connectivity index (χ4n) is 6.47. The molecule has 0 N–H and O–H groups in total. The van der Waals surface area contributed by atoms with E-state index < -0.39 is 0 Å². The van der Waals surface area contributed by atoms with Crippen LogP contribution in [0.15, 0.2) is 0 Å². The van der Waals surface area contributed by atoms with Crippen molar-refractivity contribution in [2.45, 2.75) is 115 Å². The van der Waals surface area contributed by atoms with Gasteiger partial charge in [0.15, 0.2) is 0 Å². The van der Waals surface area contributed by atoms with E-state index in [9.17, 15) is 9.59 Å². The van der Waals surface area contributed by atoms with Gasteiger partial charge < -0.3 is 14.2 Å². The SMILES string of the molecule is CCC1CCC(OCCCC(=O)OC2CCC3C(C2)OC(=O)C2CCCCC23)CC1. The summed E-state index contributed by atoms with van der Waals surface area (Å²) in [5, 5.41) is 0. The first-order valence-corrected chi connectivity index (χ1v) is 12.7. The summed E-state index contributed by atoms with van der Waals surface area (Å²) in [6.45, 7) is 2.92. The molecule has 3 aliphatic carbocycles. The molecule has 170 valence electrons. The molecule has 5 atom stereocenters. The van der Waals surface area contributed by atoms with E-state index in [2.05, 4.69) is 6.92 Å². The van der Waals surface area contributed by atoms with E-state index in [0.29, 0.717) is 37.4 Å². The van der Waals surface area contributed by atoms with E-state index in [1.54, 1.807) is 0 Å². The first-order chi connectivity index (χ1) is 14.6. The van der Waals surface area contributed by atoms with Crippen molar-refractivity contribution in [2.24, 2.45) is 23.7 Å². The zero-order valence-electron chi connectivity index (χ0n) is 18.7. The molecule has 5 heteroatoms. The number of carbonyl (C=O) groups is 2. The minimum atomic E-state index is -0.130. The van der Waals surface area contributed by atoms with Crippen LogP contribution in [-0.4, -0.2) is 36.9 Å². The van der Waals surface area contributed by atoms with Crippen molar-refractivity contribution in [3.63, 3.8) is 0 Å². The lowest BCUT2D eigenvalue weighted by atomic mass is 9.65. The molecule has 0 spiro atoms. The lowest BCUT2D eigenvalue weighted by Gasteiger charge is -2.47. The Bertz CT molecular complexity index is 582. The van der Waals surface area contributed by atoms with Gasteiger partial charge in [0.25, 0.3) is 0 Å². The van der Waals surface area contributed by atoms with Crippen LogP contribution >= 0.6 is 0 Å². The highest BCUT2D eigenvalue weighted by Gasteiger charge is 2.49. The minimum absolute atomic E-state index is 0.00181. The van der Waals surface area contributed by atoms with Crippen molar-refractivity contribution in [3.05, 3.63) is 0 Å². The lowest BCUT2D eigenvalue weighted by molar-refractivity contribution is -0.186. The summed E-state index contributed by atoms with van der Waals surface area (Å²) in [6, 6.07) is 0. The zero-order chi connectivity index (χ0) is 20.9. The molecule has 1 heterocycles. The summed E-state index contributed by atoms with van der Waals surface area (Å²) in [4.78, 5) is 24.7. The second kappa shape index (κ2) is 10.5. The minimum Gasteiger partial charge on any atom is -0.462 e. The van der Waals surface area contributed by atoms with Gasteiger partial charge in [-0.3, -0.25) is 9.59 Å². The van der Waals surface area contributed by atoms with Crippen LogP contribution in [0.5, 0.6) is 0 Å². The first-order valence-electron chi connectivity index (χ1n) is 12.7. The van der Waals surface area contributed by atoms with Crippen molar-refractivity contribution in [2.75, 3.05) is 6.61 Å². The Morgan fingerprint density at radius 1 is 0.967 bits per heavy atom. The third-order valence-electron chi connectivity index (χ3n) is 8.28. The third-order valence-corrected chi connectivity index (χ3v) is 8.28. The molecule has 0 aromatic heterocycles. The van der Waals surface area contributed by atoms with Gasteiger partial charge in [-0.2, -0.15) is 0 Å². The molecule has 4 rings (SSSR count). The van der Waals surface area contributed by atoms with E-state index in [-0.39, 0.29) is 30.1 Å². The van der Waals surface area contributed by atoms with Crippen molar-refractivity contribution < 1.29 is 23.8 Å². The highest BCUT2D eigenvalue weighted by atomic mass is 16.6. The number of hydrogen-bond donors (Lipinski definition) is 0. The Balaban J connectivity index is 1.13. The van der Waals surface area contributed by atoms with Gasteiger partial charge in [0.1, 0.15) is 12.2 Å². The molecule has 4 fully saturated rings. The quantitative estimate of drug-likeness (QED) is 0.419. The van der Waals surface area contributed by atoms with Crippen molar-refractivity contribution >= 4 is 11.9 Å². The van der Waals surface area contributed by atoms with Crippen LogP contribution in [0.2, 0.25) is 0 Å². The molecule has 4 aliphatic rings. The maximum Gasteiger partial charge on any atom is 0.309 e. The second-order valence-corrected chi connectivity index (χ2v) is 10.1. The summed E-state index contributed by atoms with van der Waals surface area (Å²) in [7, 11) is 0. The molecule has 0 aromatic rings. The average Bonchev–Trinajstić information content (AvgIpc) is 2.77. The van der Waals surface area contributed by atoms with Crippen LogP contribution in [0, 0.1) is 23.7 Å². The third kappa shape index (κ3) is 5.38. The maximum absolute atomic E-state index is 12.4. The molecule has 1 saturated heterocycles. The highest BCUT2D eigenvalue weighted by molar-refractivity contribution is 5.74. The molecular weight excluding hydrogens is 380 g/mol. The van der Waals surface area contributed by atoms with Gasteiger partial charge in [-0.1, -0.05) is 26.2 Å². The number of carbonyl (C=O) groups excluding carboxylic acids is 2. The standard InChI is InChI=1S/C25H40O5/c1-2-17-9-11-18(12-10-17)28-15-5-8-24(26)29-19-13-14-21-20-6-3-4-7-22(20)25(27)30-23(21)16-19/h17-23H,2-16H2,1H3. The van der Waals surface area contributed by atoms with Crippen molar-refractivity contribution in [1.82, 2.24) is 0 Å². The summed E-state index contributed by atoms with van der Waals surface area (Å²) >= 11 is 0. The second-order valence-electron chi connectivity index (χ2n) is 10.1. The number of ether oxygens (including phenoxy) is 3. The molecule has 0 amide bonds. The topological polar surface area (TPSA) is 61.8 Å². The molecule has 1 aliphatic heterocycles. The summed E-state index contributed by atoms with van der Waals surface area (Å²) in [5.74, 6) is 1.83. The largest absolute Gasteiger partial charge is 0.462 e.